The van der Waals surface area contributed by atoms with E-state index >= 15 is 0 Å². The van der Waals surface area contributed by atoms with Gasteiger partial charge >= 0.3 is 0 Å². The Bertz CT molecular complexity index is 894. The lowest BCUT2D eigenvalue weighted by molar-refractivity contribution is 1.16. The minimum absolute atomic E-state index is 0.746. The molecule has 0 fully saturated rings. The standard InChI is InChI=1S/C20H16ClN3S/c21-15-10-12-17(13-11-15)24-14-25-20(18-8-4-5-9-19(18)24)23-22-16-6-2-1-3-7-16/h1-13,22H,14H2/b23-20+. The van der Waals surface area contributed by atoms with Crippen molar-refractivity contribution in [1.82, 2.24) is 0 Å². The van der Waals surface area contributed by atoms with E-state index in [1.807, 2.05) is 60.7 Å². The van der Waals surface area contributed by atoms with Crippen LogP contribution in [0.4, 0.5) is 17.1 Å². The predicted molar refractivity (Wildman–Crippen MR) is 109 cm³/mol. The first-order valence-corrected chi connectivity index (χ1v) is 9.32. The van der Waals surface area contributed by atoms with E-state index in [9.17, 15) is 0 Å². The van der Waals surface area contributed by atoms with E-state index in [4.69, 9.17) is 11.6 Å². The van der Waals surface area contributed by atoms with Crippen LogP contribution in [-0.4, -0.2) is 10.9 Å². The van der Waals surface area contributed by atoms with Crippen molar-refractivity contribution in [3.05, 3.63) is 89.4 Å². The molecule has 0 unspecified atom stereocenters. The van der Waals surface area contributed by atoms with Crippen LogP contribution < -0.4 is 10.3 Å². The molecule has 1 heterocycles. The van der Waals surface area contributed by atoms with Gasteiger partial charge in [0.25, 0.3) is 0 Å². The largest absolute Gasteiger partial charge is 0.331 e. The van der Waals surface area contributed by atoms with Crippen molar-refractivity contribution in [2.45, 2.75) is 0 Å². The smallest absolute Gasteiger partial charge is 0.127 e. The number of rotatable bonds is 3. The van der Waals surface area contributed by atoms with E-state index in [2.05, 4.69) is 33.6 Å². The van der Waals surface area contributed by atoms with Gasteiger partial charge in [-0.05, 0) is 42.5 Å². The van der Waals surface area contributed by atoms with Gasteiger partial charge in [-0.1, -0.05) is 59.8 Å². The lowest BCUT2D eigenvalue weighted by Crippen LogP contribution is -2.24. The molecular formula is C20H16ClN3S. The van der Waals surface area contributed by atoms with Crippen LogP contribution in [0, 0.1) is 0 Å². The van der Waals surface area contributed by atoms with Crippen LogP contribution in [0.25, 0.3) is 0 Å². The first-order chi connectivity index (χ1) is 12.3. The Labute approximate surface area is 156 Å². The molecule has 3 nitrogen and oxygen atoms in total. The second-order valence-electron chi connectivity index (χ2n) is 5.59. The summed E-state index contributed by atoms with van der Waals surface area (Å²) in [6.45, 7) is 0. The van der Waals surface area contributed by atoms with Crippen molar-refractivity contribution >= 4 is 45.5 Å². The van der Waals surface area contributed by atoms with Gasteiger partial charge in [0.15, 0.2) is 0 Å². The van der Waals surface area contributed by atoms with Gasteiger partial charge in [0.2, 0.25) is 0 Å². The molecule has 124 valence electrons. The van der Waals surface area contributed by atoms with Crippen molar-refractivity contribution < 1.29 is 0 Å². The van der Waals surface area contributed by atoms with Crippen LogP contribution in [0.3, 0.4) is 0 Å². The van der Waals surface area contributed by atoms with Gasteiger partial charge in [-0.15, -0.1) is 0 Å². The molecule has 1 aliphatic heterocycles. The van der Waals surface area contributed by atoms with E-state index in [1.54, 1.807) is 11.8 Å². The zero-order valence-corrected chi connectivity index (χ0v) is 15.0. The van der Waals surface area contributed by atoms with Crippen LogP contribution in [0.2, 0.25) is 5.02 Å². The third-order valence-corrected chi connectivity index (χ3v) is 5.18. The van der Waals surface area contributed by atoms with E-state index in [1.165, 1.54) is 0 Å². The molecule has 0 spiro atoms. The molecule has 0 atom stereocenters. The summed E-state index contributed by atoms with van der Waals surface area (Å²) in [5.41, 5.74) is 7.53. The fourth-order valence-corrected chi connectivity index (χ4v) is 3.82. The summed E-state index contributed by atoms with van der Waals surface area (Å²) >= 11 is 7.74. The van der Waals surface area contributed by atoms with E-state index < -0.39 is 0 Å². The number of anilines is 3. The highest BCUT2D eigenvalue weighted by Gasteiger charge is 2.23. The normalized spacial score (nSPS) is 15.1. The molecule has 0 amide bonds. The van der Waals surface area contributed by atoms with Crippen molar-refractivity contribution in [3.8, 4) is 0 Å². The minimum atomic E-state index is 0.746. The van der Waals surface area contributed by atoms with Crippen LogP contribution in [0.1, 0.15) is 5.56 Å². The van der Waals surface area contributed by atoms with E-state index in [0.717, 1.165) is 38.6 Å². The fraction of sp³-hybridized carbons (Fsp3) is 0.0500. The molecule has 0 radical (unpaired) electrons. The number of hydrogen-bond donors (Lipinski definition) is 1. The number of para-hydroxylation sites is 2. The second-order valence-corrected chi connectivity index (χ2v) is 6.96. The van der Waals surface area contributed by atoms with Gasteiger partial charge in [0.1, 0.15) is 5.04 Å². The van der Waals surface area contributed by atoms with Crippen LogP contribution in [0.5, 0.6) is 0 Å². The predicted octanol–water partition coefficient (Wildman–Crippen LogP) is 5.96. The maximum absolute atomic E-state index is 6.02. The molecule has 3 aromatic carbocycles. The van der Waals surface area contributed by atoms with Crippen molar-refractivity contribution in [3.63, 3.8) is 0 Å². The number of thioether (sulfide) groups is 1. The zero-order valence-electron chi connectivity index (χ0n) is 13.4. The summed E-state index contributed by atoms with van der Waals surface area (Å²) in [6, 6.07) is 26.3. The SMILES string of the molecule is Clc1ccc(N2CS/C(=N/Nc3ccccc3)c3ccccc32)cc1. The first-order valence-electron chi connectivity index (χ1n) is 7.95. The van der Waals surface area contributed by atoms with Gasteiger partial charge in [0, 0.05) is 16.3 Å². The van der Waals surface area contributed by atoms with Crippen molar-refractivity contribution in [1.29, 1.82) is 0 Å². The van der Waals surface area contributed by atoms with E-state index in [0.29, 0.717) is 0 Å². The number of halogens is 1. The first kappa shape index (κ1) is 16.1. The van der Waals surface area contributed by atoms with Crippen LogP contribution in [-0.2, 0) is 0 Å². The van der Waals surface area contributed by atoms with Gasteiger partial charge in [-0.3, -0.25) is 5.43 Å². The summed E-state index contributed by atoms with van der Waals surface area (Å²) < 4.78 is 0. The highest BCUT2D eigenvalue weighted by atomic mass is 35.5. The fourth-order valence-electron chi connectivity index (χ4n) is 2.72. The highest BCUT2D eigenvalue weighted by molar-refractivity contribution is 8.14. The average molecular weight is 366 g/mol. The molecule has 5 heteroatoms. The summed E-state index contributed by atoms with van der Waals surface area (Å²) in [5.74, 6) is 0.800. The molecule has 1 N–H and O–H groups in total. The molecule has 0 aromatic heterocycles. The number of hydrazone groups is 1. The molecule has 0 bridgehead atoms. The van der Waals surface area contributed by atoms with Gasteiger partial charge < -0.3 is 4.90 Å². The molecule has 25 heavy (non-hydrogen) atoms. The number of benzene rings is 3. The Morgan fingerprint density at radius 2 is 1.60 bits per heavy atom. The lowest BCUT2D eigenvalue weighted by Gasteiger charge is -2.31. The zero-order chi connectivity index (χ0) is 17.1. The highest BCUT2D eigenvalue weighted by Crippen LogP contribution is 2.37. The Kier molecular flexibility index (Phi) is 4.63. The van der Waals surface area contributed by atoms with Crippen molar-refractivity contribution in [2.75, 3.05) is 16.2 Å². The van der Waals surface area contributed by atoms with Gasteiger partial charge in [-0.2, -0.15) is 5.10 Å². The molecule has 0 saturated heterocycles. The van der Waals surface area contributed by atoms with Crippen LogP contribution in [0.15, 0.2) is 84.0 Å². The van der Waals surface area contributed by atoms with Crippen molar-refractivity contribution in [2.24, 2.45) is 5.10 Å². The Balaban J connectivity index is 1.66. The van der Waals surface area contributed by atoms with Crippen LogP contribution >= 0.6 is 23.4 Å². The second kappa shape index (κ2) is 7.21. The topological polar surface area (TPSA) is 27.6 Å². The number of fused-ring (bicyclic) bond motifs is 1. The average Bonchev–Trinajstić information content (AvgIpc) is 2.68. The molecule has 3 aromatic rings. The maximum Gasteiger partial charge on any atom is 0.127 e. The summed E-state index contributed by atoms with van der Waals surface area (Å²) in [5, 5.41) is 6.36. The van der Waals surface area contributed by atoms with Gasteiger partial charge in [-0.25, -0.2) is 0 Å². The molecule has 0 aliphatic carbocycles. The van der Waals surface area contributed by atoms with E-state index in [-0.39, 0.29) is 0 Å². The Hall–Kier alpha value is -2.43. The Morgan fingerprint density at radius 3 is 2.40 bits per heavy atom. The molecular weight excluding hydrogens is 350 g/mol. The third-order valence-electron chi connectivity index (χ3n) is 3.95. The van der Waals surface area contributed by atoms with Gasteiger partial charge in [0.05, 0.1) is 17.3 Å². The summed E-state index contributed by atoms with van der Waals surface area (Å²) in [4.78, 5) is 2.28. The lowest BCUT2D eigenvalue weighted by atomic mass is 10.1. The monoisotopic (exact) mass is 365 g/mol. The number of nitrogens with one attached hydrogen (secondary N) is 1. The summed E-state index contributed by atoms with van der Waals surface area (Å²) in [7, 11) is 0. The number of nitrogens with zero attached hydrogens (tertiary/aromatic N) is 2. The minimum Gasteiger partial charge on any atom is -0.331 e. The maximum atomic E-state index is 6.02. The molecule has 1 aliphatic rings. The third kappa shape index (κ3) is 3.50. The molecule has 0 saturated carbocycles. The summed E-state index contributed by atoms with van der Waals surface area (Å²) in [6.07, 6.45) is 0. The molecule has 4 rings (SSSR count). The quantitative estimate of drug-likeness (QED) is 0.580. The number of hydrogen-bond acceptors (Lipinski definition) is 4. The Morgan fingerprint density at radius 1 is 0.880 bits per heavy atom.